The van der Waals surface area contributed by atoms with E-state index < -0.39 is 0 Å². The number of rotatable bonds is 4. The molecule has 0 saturated carbocycles. The number of benzene rings is 2. The van der Waals surface area contributed by atoms with Crippen LogP contribution in [0.25, 0.3) is 0 Å². The van der Waals surface area contributed by atoms with Gasteiger partial charge in [-0.25, -0.2) is 0 Å². The smallest absolute Gasteiger partial charge is 0.0636 e. The fourth-order valence-corrected chi connectivity index (χ4v) is 1.90. The van der Waals surface area contributed by atoms with Crippen LogP contribution in [0, 0.1) is 6.92 Å². The molecule has 88 valence electrons. The van der Waals surface area contributed by atoms with E-state index in [2.05, 4.69) is 48.6 Å². The van der Waals surface area contributed by atoms with Gasteiger partial charge in [-0.2, -0.15) is 0 Å². The van der Waals surface area contributed by atoms with Gasteiger partial charge in [-0.3, -0.25) is 0 Å². The van der Waals surface area contributed by atoms with Gasteiger partial charge in [0, 0.05) is 12.2 Å². The molecule has 2 heteroatoms. The van der Waals surface area contributed by atoms with Crippen molar-refractivity contribution in [3.63, 3.8) is 0 Å². The molecule has 0 spiro atoms. The van der Waals surface area contributed by atoms with E-state index >= 15 is 0 Å². The molecule has 0 heterocycles. The van der Waals surface area contributed by atoms with Gasteiger partial charge in [-0.05, 0) is 30.2 Å². The predicted molar refractivity (Wildman–Crippen MR) is 73.0 cm³/mol. The van der Waals surface area contributed by atoms with Crippen LogP contribution in [0.15, 0.2) is 54.6 Å². The lowest BCUT2D eigenvalue weighted by molar-refractivity contribution is 0.790. The van der Waals surface area contributed by atoms with Crippen molar-refractivity contribution < 1.29 is 0 Å². The maximum Gasteiger partial charge on any atom is 0.0636 e. The maximum atomic E-state index is 5.83. The van der Waals surface area contributed by atoms with Gasteiger partial charge in [0.1, 0.15) is 0 Å². The highest BCUT2D eigenvalue weighted by Crippen LogP contribution is 2.19. The Labute approximate surface area is 102 Å². The molecule has 0 aliphatic rings. The zero-order valence-corrected chi connectivity index (χ0v) is 10.1. The highest BCUT2D eigenvalue weighted by atomic mass is 14.9. The van der Waals surface area contributed by atoms with Crippen LogP contribution in [-0.4, -0.2) is 6.54 Å². The Morgan fingerprint density at radius 2 is 1.82 bits per heavy atom. The molecule has 17 heavy (non-hydrogen) atoms. The summed E-state index contributed by atoms with van der Waals surface area (Å²) in [6.07, 6.45) is 0. The number of hydrogen-bond donors (Lipinski definition) is 2. The molecule has 2 nitrogen and oxygen atoms in total. The van der Waals surface area contributed by atoms with Crippen LogP contribution in [0.4, 0.5) is 5.69 Å². The summed E-state index contributed by atoms with van der Waals surface area (Å²) in [5.41, 5.74) is 9.41. The Hall–Kier alpha value is -1.80. The molecule has 0 saturated heterocycles. The minimum atomic E-state index is 0.165. The molecule has 2 rings (SSSR count). The summed E-state index contributed by atoms with van der Waals surface area (Å²) in [6.45, 7) is 2.67. The minimum Gasteiger partial charge on any atom is -0.377 e. The van der Waals surface area contributed by atoms with Crippen molar-refractivity contribution in [1.29, 1.82) is 0 Å². The molecule has 2 aromatic rings. The summed E-state index contributed by atoms with van der Waals surface area (Å²) in [7, 11) is 0. The van der Waals surface area contributed by atoms with Crippen LogP contribution >= 0.6 is 0 Å². The van der Waals surface area contributed by atoms with Gasteiger partial charge in [-0.1, -0.05) is 42.5 Å². The van der Waals surface area contributed by atoms with Crippen molar-refractivity contribution in [2.45, 2.75) is 13.0 Å². The standard InChI is InChI=1S/C15H18N2/c1-12-6-5-9-14(10-12)17-15(11-16)13-7-3-2-4-8-13/h2-10,15,17H,11,16H2,1H3. The molecule has 0 aliphatic carbocycles. The summed E-state index contributed by atoms with van der Waals surface area (Å²) in [5.74, 6) is 0. The van der Waals surface area contributed by atoms with E-state index in [0.717, 1.165) is 5.69 Å². The van der Waals surface area contributed by atoms with Crippen LogP contribution in [-0.2, 0) is 0 Å². The Morgan fingerprint density at radius 1 is 1.06 bits per heavy atom. The van der Waals surface area contributed by atoms with Gasteiger partial charge in [0.15, 0.2) is 0 Å². The number of hydrogen-bond acceptors (Lipinski definition) is 2. The van der Waals surface area contributed by atoms with Crippen molar-refractivity contribution in [1.82, 2.24) is 0 Å². The lowest BCUT2D eigenvalue weighted by atomic mass is 10.1. The molecule has 1 unspecified atom stereocenters. The largest absolute Gasteiger partial charge is 0.377 e. The van der Waals surface area contributed by atoms with E-state index in [0.29, 0.717) is 6.54 Å². The van der Waals surface area contributed by atoms with E-state index in [-0.39, 0.29) is 6.04 Å². The highest BCUT2D eigenvalue weighted by molar-refractivity contribution is 5.47. The lowest BCUT2D eigenvalue weighted by Crippen LogP contribution is -2.20. The van der Waals surface area contributed by atoms with Crippen LogP contribution in [0.2, 0.25) is 0 Å². The zero-order chi connectivity index (χ0) is 12.1. The average molecular weight is 226 g/mol. The first-order chi connectivity index (χ1) is 8.29. The Kier molecular flexibility index (Phi) is 3.78. The Bertz CT molecular complexity index is 465. The van der Waals surface area contributed by atoms with Crippen molar-refractivity contribution in [2.75, 3.05) is 11.9 Å². The summed E-state index contributed by atoms with van der Waals surface area (Å²) in [6, 6.07) is 18.8. The maximum absolute atomic E-state index is 5.83. The molecule has 0 bridgehead atoms. The summed E-state index contributed by atoms with van der Waals surface area (Å²) < 4.78 is 0. The monoisotopic (exact) mass is 226 g/mol. The molecule has 2 aromatic carbocycles. The predicted octanol–water partition coefficient (Wildman–Crippen LogP) is 3.11. The quantitative estimate of drug-likeness (QED) is 0.840. The third-order valence-corrected chi connectivity index (χ3v) is 2.80. The second-order valence-corrected chi connectivity index (χ2v) is 4.21. The fourth-order valence-electron chi connectivity index (χ4n) is 1.90. The molecule has 0 aromatic heterocycles. The first kappa shape index (κ1) is 11.7. The van der Waals surface area contributed by atoms with Crippen molar-refractivity contribution in [3.05, 3.63) is 65.7 Å². The average Bonchev–Trinajstić information content (AvgIpc) is 2.37. The minimum absolute atomic E-state index is 0.165. The van der Waals surface area contributed by atoms with Crippen LogP contribution in [0.1, 0.15) is 17.2 Å². The summed E-state index contributed by atoms with van der Waals surface area (Å²) in [4.78, 5) is 0. The van der Waals surface area contributed by atoms with E-state index in [1.165, 1.54) is 11.1 Å². The molecule has 0 radical (unpaired) electrons. The van der Waals surface area contributed by atoms with Crippen molar-refractivity contribution >= 4 is 5.69 Å². The van der Waals surface area contributed by atoms with Crippen LogP contribution in [0.3, 0.4) is 0 Å². The van der Waals surface area contributed by atoms with Gasteiger partial charge >= 0.3 is 0 Å². The van der Waals surface area contributed by atoms with E-state index in [4.69, 9.17) is 5.73 Å². The molecule has 3 N–H and O–H groups in total. The molecule has 0 aliphatic heterocycles. The highest BCUT2D eigenvalue weighted by Gasteiger charge is 2.08. The van der Waals surface area contributed by atoms with Crippen LogP contribution in [0.5, 0.6) is 0 Å². The van der Waals surface area contributed by atoms with Crippen LogP contribution < -0.4 is 11.1 Å². The first-order valence-electron chi connectivity index (χ1n) is 5.88. The van der Waals surface area contributed by atoms with Gasteiger partial charge in [0.2, 0.25) is 0 Å². The zero-order valence-electron chi connectivity index (χ0n) is 10.1. The Balaban J connectivity index is 2.16. The summed E-state index contributed by atoms with van der Waals surface area (Å²) in [5, 5.41) is 3.46. The number of aryl methyl sites for hydroxylation is 1. The third-order valence-electron chi connectivity index (χ3n) is 2.80. The second-order valence-electron chi connectivity index (χ2n) is 4.21. The van der Waals surface area contributed by atoms with E-state index in [9.17, 15) is 0 Å². The normalized spacial score (nSPS) is 12.1. The van der Waals surface area contributed by atoms with Gasteiger partial charge in [-0.15, -0.1) is 0 Å². The van der Waals surface area contributed by atoms with Gasteiger partial charge in [0.05, 0.1) is 6.04 Å². The topological polar surface area (TPSA) is 38.0 Å². The second kappa shape index (κ2) is 5.51. The van der Waals surface area contributed by atoms with E-state index in [1.54, 1.807) is 0 Å². The number of anilines is 1. The molecule has 1 atom stereocenters. The first-order valence-corrected chi connectivity index (χ1v) is 5.88. The van der Waals surface area contributed by atoms with Gasteiger partial charge in [0.25, 0.3) is 0 Å². The van der Waals surface area contributed by atoms with Gasteiger partial charge < -0.3 is 11.1 Å². The SMILES string of the molecule is Cc1cccc(NC(CN)c2ccccc2)c1. The molecular weight excluding hydrogens is 208 g/mol. The summed E-state index contributed by atoms with van der Waals surface area (Å²) >= 11 is 0. The van der Waals surface area contributed by atoms with Crippen molar-refractivity contribution in [2.24, 2.45) is 5.73 Å². The fraction of sp³-hybridized carbons (Fsp3) is 0.200. The number of nitrogens with one attached hydrogen (secondary N) is 1. The van der Waals surface area contributed by atoms with E-state index in [1.807, 2.05) is 18.2 Å². The lowest BCUT2D eigenvalue weighted by Gasteiger charge is -2.18. The number of nitrogens with two attached hydrogens (primary N) is 1. The van der Waals surface area contributed by atoms with Crippen molar-refractivity contribution in [3.8, 4) is 0 Å². The molecule has 0 fully saturated rings. The molecular formula is C15H18N2. The third kappa shape index (κ3) is 3.08. The molecule has 0 amide bonds. The Morgan fingerprint density at radius 3 is 2.47 bits per heavy atom.